The molecule has 0 aliphatic rings. The van der Waals surface area contributed by atoms with E-state index in [2.05, 4.69) is 31.3 Å². The van der Waals surface area contributed by atoms with Crippen molar-refractivity contribution in [1.29, 1.82) is 0 Å². The predicted octanol–water partition coefficient (Wildman–Crippen LogP) is 3.02. The molecule has 0 atom stereocenters. The average molecular weight is 327 g/mol. The molecule has 0 unspecified atom stereocenters. The Bertz CT molecular complexity index is 594. The zero-order chi connectivity index (χ0) is 13.8. The zero-order valence-corrected chi connectivity index (χ0v) is 11.7. The van der Waals surface area contributed by atoms with Gasteiger partial charge in [-0.15, -0.1) is 0 Å². The average Bonchev–Trinajstić information content (AvgIpc) is 2.42. The number of halogens is 2. The first-order valence-electron chi connectivity index (χ1n) is 5.59. The molecule has 0 fully saturated rings. The van der Waals surface area contributed by atoms with Crippen LogP contribution in [0.4, 0.5) is 10.2 Å². The van der Waals surface area contributed by atoms with E-state index < -0.39 is 0 Å². The smallest absolute Gasteiger partial charge is 0.227 e. The normalized spacial score (nSPS) is 10.3. The molecule has 7 heteroatoms. The summed E-state index contributed by atoms with van der Waals surface area (Å²) in [4.78, 5) is 8.07. The fourth-order valence-electron chi connectivity index (χ4n) is 1.58. The lowest BCUT2D eigenvalue weighted by Gasteiger charge is -2.11. The van der Waals surface area contributed by atoms with Gasteiger partial charge in [-0.25, -0.2) is 20.2 Å². The second-order valence-electron chi connectivity index (χ2n) is 3.68. The van der Waals surface area contributed by atoms with E-state index in [1.807, 2.05) is 6.92 Å². The molecule has 3 N–H and O–H groups in total. The maximum Gasteiger partial charge on any atom is 0.227 e. The number of anilines is 1. The van der Waals surface area contributed by atoms with Crippen LogP contribution < -0.4 is 16.0 Å². The molecule has 0 saturated heterocycles. The fraction of sp³-hybridized carbons (Fsp3) is 0.167. The molecule has 2 aromatic rings. The molecule has 5 nitrogen and oxygen atoms in total. The zero-order valence-electron chi connectivity index (χ0n) is 10.2. The van der Waals surface area contributed by atoms with E-state index in [0.29, 0.717) is 28.3 Å². The van der Waals surface area contributed by atoms with Crippen molar-refractivity contribution < 1.29 is 9.13 Å². The molecule has 0 spiro atoms. The SMILES string of the molecule is CCc1c(NN)ncnc1Oc1ccc(F)c(Br)c1. The van der Waals surface area contributed by atoms with Gasteiger partial charge in [0.2, 0.25) is 5.88 Å². The number of hydrazine groups is 1. The van der Waals surface area contributed by atoms with Gasteiger partial charge in [-0.3, -0.25) is 0 Å². The Balaban J connectivity index is 2.35. The maximum atomic E-state index is 13.1. The minimum absolute atomic E-state index is 0.328. The summed E-state index contributed by atoms with van der Waals surface area (Å²) in [6, 6.07) is 4.37. The third-order valence-corrected chi connectivity index (χ3v) is 3.11. The third kappa shape index (κ3) is 2.99. The summed E-state index contributed by atoms with van der Waals surface area (Å²) in [7, 11) is 0. The summed E-state index contributed by atoms with van der Waals surface area (Å²) < 4.78 is 19.1. The lowest BCUT2D eigenvalue weighted by Crippen LogP contribution is -2.12. The van der Waals surface area contributed by atoms with Crippen molar-refractivity contribution in [3.8, 4) is 11.6 Å². The van der Waals surface area contributed by atoms with E-state index >= 15 is 0 Å². The highest BCUT2D eigenvalue weighted by atomic mass is 79.9. The Morgan fingerprint density at radius 2 is 2.21 bits per heavy atom. The molecule has 1 aromatic carbocycles. The van der Waals surface area contributed by atoms with Gasteiger partial charge in [-0.05, 0) is 40.5 Å². The van der Waals surface area contributed by atoms with Crippen molar-refractivity contribution >= 4 is 21.7 Å². The van der Waals surface area contributed by atoms with Gasteiger partial charge in [0.25, 0.3) is 0 Å². The van der Waals surface area contributed by atoms with Gasteiger partial charge >= 0.3 is 0 Å². The van der Waals surface area contributed by atoms with Crippen LogP contribution in [0.1, 0.15) is 12.5 Å². The molecule has 2 rings (SSSR count). The molecule has 0 saturated carbocycles. The minimum atomic E-state index is -0.352. The highest BCUT2D eigenvalue weighted by molar-refractivity contribution is 9.10. The first-order chi connectivity index (χ1) is 9.15. The number of aromatic nitrogens is 2. The molecule has 0 amide bonds. The van der Waals surface area contributed by atoms with Crippen molar-refractivity contribution in [2.45, 2.75) is 13.3 Å². The van der Waals surface area contributed by atoms with Gasteiger partial charge < -0.3 is 10.2 Å². The van der Waals surface area contributed by atoms with E-state index in [4.69, 9.17) is 10.6 Å². The number of nitrogen functional groups attached to an aromatic ring is 1. The monoisotopic (exact) mass is 326 g/mol. The summed E-state index contributed by atoms with van der Waals surface area (Å²) >= 11 is 3.10. The Labute approximate surface area is 118 Å². The number of hydrogen-bond acceptors (Lipinski definition) is 5. The largest absolute Gasteiger partial charge is 0.439 e. The van der Waals surface area contributed by atoms with Crippen LogP contribution in [-0.2, 0) is 6.42 Å². The van der Waals surface area contributed by atoms with Crippen LogP contribution in [0.2, 0.25) is 0 Å². The van der Waals surface area contributed by atoms with Crippen molar-refractivity contribution in [2.75, 3.05) is 5.43 Å². The third-order valence-electron chi connectivity index (χ3n) is 2.50. The molecule has 19 heavy (non-hydrogen) atoms. The number of rotatable bonds is 4. The lowest BCUT2D eigenvalue weighted by atomic mass is 10.2. The first-order valence-corrected chi connectivity index (χ1v) is 6.38. The molecule has 1 aromatic heterocycles. The topological polar surface area (TPSA) is 73.1 Å². The summed E-state index contributed by atoms with van der Waals surface area (Å²) in [5.74, 6) is 6.40. The van der Waals surface area contributed by atoms with Crippen LogP contribution in [-0.4, -0.2) is 9.97 Å². The van der Waals surface area contributed by atoms with Gasteiger partial charge in [-0.2, -0.15) is 0 Å². The van der Waals surface area contributed by atoms with Crippen molar-refractivity contribution in [3.63, 3.8) is 0 Å². The quantitative estimate of drug-likeness (QED) is 0.667. The van der Waals surface area contributed by atoms with E-state index in [0.717, 1.165) is 5.56 Å². The van der Waals surface area contributed by atoms with Crippen LogP contribution >= 0.6 is 15.9 Å². The van der Waals surface area contributed by atoms with E-state index in [1.165, 1.54) is 24.5 Å². The van der Waals surface area contributed by atoms with E-state index in [9.17, 15) is 4.39 Å². The molecule has 0 bridgehead atoms. The van der Waals surface area contributed by atoms with Crippen molar-refractivity contribution in [3.05, 3.63) is 40.4 Å². The standard InChI is InChI=1S/C12H12BrFN4O/c1-2-8-11(18-15)16-6-17-12(8)19-7-3-4-10(14)9(13)5-7/h3-6H,2,15H2,1H3,(H,16,17,18). The minimum Gasteiger partial charge on any atom is -0.439 e. The maximum absolute atomic E-state index is 13.1. The van der Waals surface area contributed by atoms with Crippen LogP contribution in [0.25, 0.3) is 0 Å². The van der Waals surface area contributed by atoms with Crippen molar-refractivity contribution in [1.82, 2.24) is 9.97 Å². The Morgan fingerprint density at radius 3 is 2.84 bits per heavy atom. The van der Waals surface area contributed by atoms with Gasteiger partial charge in [-0.1, -0.05) is 6.92 Å². The Morgan fingerprint density at radius 1 is 1.42 bits per heavy atom. The van der Waals surface area contributed by atoms with Crippen LogP contribution in [0.5, 0.6) is 11.6 Å². The summed E-state index contributed by atoms with van der Waals surface area (Å²) in [6.45, 7) is 1.94. The first kappa shape index (κ1) is 13.7. The van der Waals surface area contributed by atoms with E-state index in [1.54, 1.807) is 0 Å². The van der Waals surface area contributed by atoms with Crippen LogP contribution in [0, 0.1) is 5.82 Å². The fourth-order valence-corrected chi connectivity index (χ4v) is 1.94. The van der Waals surface area contributed by atoms with Crippen LogP contribution in [0.15, 0.2) is 29.0 Å². The highest BCUT2D eigenvalue weighted by Gasteiger charge is 2.11. The molecule has 0 radical (unpaired) electrons. The second-order valence-corrected chi connectivity index (χ2v) is 4.54. The van der Waals surface area contributed by atoms with Crippen LogP contribution in [0.3, 0.4) is 0 Å². The molecule has 100 valence electrons. The molecule has 1 heterocycles. The number of ether oxygens (including phenoxy) is 1. The highest BCUT2D eigenvalue weighted by Crippen LogP contribution is 2.29. The van der Waals surface area contributed by atoms with Gasteiger partial charge in [0, 0.05) is 0 Å². The molecular weight excluding hydrogens is 315 g/mol. The molecular formula is C12H12BrFN4O. The summed E-state index contributed by atoms with van der Waals surface area (Å²) in [5.41, 5.74) is 3.25. The number of hydrogen-bond donors (Lipinski definition) is 2. The predicted molar refractivity (Wildman–Crippen MR) is 73.4 cm³/mol. The molecule has 0 aliphatic heterocycles. The van der Waals surface area contributed by atoms with Gasteiger partial charge in [0.05, 0.1) is 10.0 Å². The lowest BCUT2D eigenvalue weighted by molar-refractivity contribution is 0.453. The summed E-state index contributed by atoms with van der Waals surface area (Å²) in [5, 5.41) is 0. The van der Waals surface area contributed by atoms with Gasteiger partial charge in [0.15, 0.2) is 0 Å². The Hall–Kier alpha value is -1.73. The molecule has 0 aliphatic carbocycles. The number of benzene rings is 1. The van der Waals surface area contributed by atoms with E-state index in [-0.39, 0.29) is 5.82 Å². The number of nitrogens with one attached hydrogen (secondary N) is 1. The van der Waals surface area contributed by atoms with Crippen molar-refractivity contribution in [2.24, 2.45) is 5.84 Å². The second kappa shape index (κ2) is 5.94. The Kier molecular flexibility index (Phi) is 4.28. The van der Waals surface area contributed by atoms with Gasteiger partial charge in [0.1, 0.15) is 23.7 Å². The summed E-state index contributed by atoms with van der Waals surface area (Å²) in [6.07, 6.45) is 2.00. The number of nitrogens with two attached hydrogens (primary N) is 1. The number of nitrogens with zero attached hydrogens (tertiary/aromatic N) is 2.